The Kier molecular flexibility index (Phi) is 3.68. The van der Waals surface area contributed by atoms with E-state index >= 15 is 0 Å². The molecule has 4 rings (SSSR count). The lowest BCUT2D eigenvalue weighted by atomic mass is 10.2. The maximum atomic E-state index is 12.5. The summed E-state index contributed by atoms with van der Waals surface area (Å²) in [6.45, 7) is 0. The predicted octanol–water partition coefficient (Wildman–Crippen LogP) is 2.66. The monoisotopic (exact) mass is 387 g/mol. The van der Waals surface area contributed by atoms with Gasteiger partial charge in [-0.2, -0.15) is 5.10 Å². The van der Waals surface area contributed by atoms with Gasteiger partial charge in [-0.25, -0.2) is 4.98 Å². The van der Waals surface area contributed by atoms with Crippen molar-refractivity contribution in [1.29, 1.82) is 0 Å². The number of imidazole rings is 1. The van der Waals surface area contributed by atoms with Gasteiger partial charge in [0.15, 0.2) is 0 Å². The number of amides is 1. The predicted molar refractivity (Wildman–Crippen MR) is 94.0 cm³/mol. The zero-order chi connectivity index (χ0) is 16.8. The molecular formula is C17H18BrN5O. The Morgan fingerprint density at radius 1 is 1.33 bits per heavy atom. The highest BCUT2D eigenvalue weighted by atomic mass is 79.9. The molecule has 7 heteroatoms. The van der Waals surface area contributed by atoms with Gasteiger partial charge in [0.05, 0.1) is 11.3 Å². The smallest absolute Gasteiger partial charge is 0.255 e. The lowest BCUT2D eigenvalue weighted by Gasteiger charge is -2.16. The van der Waals surface area contributed by atoms with E-state index in [9.17, 15) is 4.79 Å². The molecule has 1 fully saturated rings. The lowest BCUT2D eigenvalue weighted by molar-refractivity contribution is 0.0784. The second kappa shape index (κ2) is 5.73. The van der Waals surface area contributed by atoms with Crippen LogP contribution in [0.25, 0.3) is 5.65 Å². The van der Waals surface area contributed by atoms with Gasteiger partial charge in [-0.15, -0.1) is 0 Å². The molecule has 1 amide bonds. The molecule has 3 heterocycles. The summed E-state index contributed by atoms with van der Waals surface area (Å²) in [6.07, 6.45) is 8.74. The standard InChI is InChI=1S/C17H18BrN5O/c1-21-8-12(16(18)20-21)7-13-10-23-9-11(3-6-15(23)19-13)17(24)22(2)14-4-5-14/h3,6,8-10,14H,4-5,7H2,1-2H3. The molecule has 0 aliphatic heterocycles. The zero-order valence-electron chi connectivity index (χ0n) is 13.6. The largest absolute Gasteiger partial charge is 0.339 e. The van der Waals surface area contributed by atoms with E-state index in [1.807, 2.05) is 54.1 Å². The number of pyridine rings is 1. The first-order valence-electron chi connectivity index (χ1n) is 7.94. The highest BCUT2D eigenvalue weighted by molar-refractivity contribution is 9.10. The summed E-state index contributed by atoms with van der Waals surface area (Å²) in [4.78, 5) is 19.0. The molecule has 0 bridgehead atoms. The van der Waals surface area contributed by atoms with Crippen molar-refractivity contribution in [2.75, 3.05) is 7.05 Å². The van der Waals surface area contributed by atoms with Crippen LogP contribution >= 0.6 is 15.9 Å². The highest BCUT2D eigenvalue weighted by Gasteiger charge is 2.30. The van der Waals surface area contributed by atoms with E-state index in [4.69, 9.17) is 0 Å². The van der Waals surface area contributed by atoms with Crippen molar-refractivity contribution in [3.63, 3.8) is 0 Å². The fourth-order valence-electron chi connectivity index (χ4n) is 2.91. The topological polar surface area (TPSA) is 55.4 Å². The average Bonchev–Trinajstić information content (AvgIpc) is 3.25. The van der Waals surface area contributed by atoms with Gasteiger partial charge >= 0.3 is 0 Å². The molecule has 24 heavy (non-hydrogen) atoms. The van der Waals surface area contributed by atoms with Gasteiger partial charge in [-0.3, -0.25) is 9.48 Å². The minimum Gasteiger partial charge on any atom is -0.339 e. The Labute approximate surface area is 148 Å². The van der Waals surface area contributed by atoms with Crippen LogP contribution in [0, 0.1) is 0 Å². The van der Waals surface area contributed by atoms with Crippen molar-refractivity contribution in [3.8, 4) is 0 Å². The van der Waals surface area contributed by atoms with Gasteiger partial charge in [0.2, 0.25) is 0 Å². The van der Waals surface area contributed by atoms with Gasteiger partial charge in [0.1, 0.15) is 10.3 Å². The second-order valence-electron chi connectivity index (χ2n) is 6.36. The number of hydrogen-bond donors (Lipinski definition) is 0. The van der Waals surface area contributed by atoms with E-state index in [2.05, 4.69) is 26.0 Å². The number of rotatable bonds is 4. The van der Waals surface area contributed by atoms with Crippen LogP contribution in [0.5, 0.6) is 0 Å². The van der Waals surface area contributed by atoms with Crippen LogP contribution in [0.15, 0.2) is 35.3 Å². The molecule has 6 nitrogen and oxygen atoms in total. The molecular weight excluding hydrogens is 370 g/mol. The van der Waals surface area contributed by atoms with Crippen molar-refractivity contribution in [2.24, 2.45) is 7.05 Å². The van der Waals surface area contributed by atoms with E-state index in [1.165, 1.54) is 0 Å². The number of aryl methyl sites for hydroxylation is 1. The number of hydrogen-bond acceptors (Lipinski definition) is 3. The Morgan fingerprint density at radius 3 is 2.79 bits per heavy atom. The van der Waals surface area contributed by atoms with Gasteiger partial charge in [-0.05, 0) is 40.9 Å². The molecule has 0 radical (unpaired) electrons. The molecule has 124 valence electrons. The number of nitrogens with zero attached hydrogens (tertiary/aromatic N) is 5. The Hall–Kier alpha value is -2.15. The molecule has 3 aromatic rings. The molecule has 1 aliphatic rings. The Bertz CT molecular complexity index is 924. The average molecular weight is 388 g/mol. The third kappa shape index (κ3) is 2.84. The molecule has 0 saturated heterocycles. The molecule has 3 aromatic heterocycles. The van der Waals surface area contributed by atoms with Gasteiger partial charge in [-0.1, -0.05) is 0 Å². The molecule has 0 atom stereocenters. The fraction of sp³-hybridized carbons (Fsp3) is 0.353. The van der Waals surface area contributed by atoms with Crippen molar-refractivity contribution >= 4 is 27.5 Å². The minimum absolute atomic E-state index is 0.0738. The van der Waals surface area contributed by atoms with Crippen LogP contribution in [-0.4, -0.2) is 43.1 Å². The Balaban J connectivity index is 1.61. The first-order valence-corrected chi connectivity index (χ1v) is 8.73. The first-order chi connectivity index (χ1) is 11.5. The van der Waals surface area contributed by atoms with Crippen molar-refractivity contribution < 1.29 is 4.79 Å². The van der Waals surface area contributed by atoms with Crippen LogP contribution in [-0.2, 0) is 13.5 Å². The van der Waals surface area contributed by atoms with Crippen molar-refractivity contribution in [2.45, 2.75) is 25.3 Å². The quantitative estimate of drug-likeness (QED) is 0.691. The fourth-order valence-corrected chi connectivity index (χ4v) is 3.40. The second-order valence-corrected chi connectivity index (χ2v) is 7.11. The third-order valence-corrected chi connectivity index (χ3v) is 5.06. The SMILES string of the molecule is CN(C(=O)c1ccc2nc(Cc3cn(C)nc3Br)cn2c1)C1CC1. The lowest BCUT2D eigenvalue weighted by Crippen LogP contribution is -2.28. The van der Waals surface area contributed by atoms with Gasteiger partial charge in [0, 0.05) is 50.7 Å². The molecule has 1 aliphatic carbocycles. The highest BCUT2D eigenvalue weighted by Crippen LogP contribution is 2.26. The van der Waals surface area contributed by atoms with Crippen LogP contribution < -0.4 is 0 Å². The van der Waals surface area contributed by atoms with Crippen LogP contribution in [0.1, 0.15) is 34.5 Å². The number of fused-ring (bicyclic) bond motifs is 1. The van der Waals surface area contributed by atoms with Crippen molar-refractivity contribution in [3.05, 3.63) is 52.1 Å². The molecule has 0 unspecified atom stereocenters. The molecule has 0 N–H and O–H groups in total. The van der Waals surface area contributed by atoms with Gasteiger partial charge in [0.25, 0.3) is 5.91 Å². The Morgan fingerprint density at radius 2 is 2.12 bits per heavy atom. The van der Waals surface area contributed by atoms with E-state index < -0.39 is 0 Å². The molecule has 0 aromatic carbocycles. The summed E-state index contributed by atoms with van der Waals surface area (Å²) < 4.78 is 4.54. The summed E-state index contributed by atoms with van der Waals surface area (Å²) >= 11 is 3.47. The first kappa shape index (κ1) is 15.4. The van der Waals surface area contributed by atoms with E-state index in [0.29, 0.717) is 18.0 Å². The van der Waals surface area contributed by atoms with Crippen LogP contribution in [0.3, 0.4) is 0 Å². The maximum absolute atomic E-state index is 12.5. The summed E-state index contributed by atoms with van der Waals surface area (Å²) in [6, 6.07) is 4.16. The van der Waals surface area contributed by atoms with Gasteiger partial charge < -0.3 is 9.30 Å². The van der Waals surface area contributed by atoms with E-state index in [0.717, 1.165) is 34.3 Å². The third-order valence-electron chi connectivity index (χ3n) is 4.39. The minimum atomic E-state index is 0.0738. The number of halogens is 1. The summed E-state index contributed by atoms with van der Waals surface area (Å²) in [7, 11) is 3.77. The zero-order valence-corrected chi connectivity index (χ0v) is 15.2. The normalized spacial score (nSPS) is 14.3. The number of carbonyl (C=O) groups excluding carboxylic acids is 1. The van der Waals surface area contributed by atoms with E-state index in [1.54, 1.807) is 4.68 Å². The number of carbonyl (C=O) groups is 1. The summed E-state index contributed by atoms with van der Waals surface area (Å²) in [5.41, 5.74) is 3.58. The molecule has 0 spiro atoms. The van der Waals surface area contributed by atoms with Crippen LogP contribution in [0.2, 0.25) is 0 Å². The van der Waals surface area contributed by atoms with E-state index in [-0.39, 0.29) is 5.91 Å². The summed E-state index contributed by atoms with van der Waals surface area (Å²) in [5, 5.41) is 4.29. The van der Waals surface area contributed by atoms with Crippen molar-refractivity contribution in [1.82, 2.24) is 24.1 Å². The van der Waals surface area contributed by atoms with Crippen LogP contribution in [0.4, 0.5) is 0 Å². The maximum Gasteiger partial charge on any atom is 0.255 e. The molecule has 1 saturated carbocycles. The summed E-state index contributed by atoms with van der Waals surface area (Å²) in [5.74, 6) is 0.0738. The number of aromatic nitrogens is 4.